The minimum Gasteiger partial charge on any atom is -0.351 e. The summed E-state index contributed by atoms with van der Waals surface area (Å²) < 4.78 is 0. The fourth-order valence-corrected chi connectivity index (χ4v) is 4.06. The van der Waals surface area contributed by atoms with Crippen molar-refractivity contribution in [3.8, 4) is 0 Å². The number of nitrogens with one attached hydrogen (secondary N) is 1. The lowest BCUT2D eigenvalue weighted by molar-refractivity contribution is -0.128. The quantitative estimate of drug-likeness (QED) is 0.783. The molecule has 0 aromatic heterocycles. The Bertz CT molecular complexity index is 760. The largest absolute Gasteiger partial charge is 0.351 e. The van der Waals surface area contributed by atoms with E-state index < -0.39 is 0 Å². The number of rotatable bonds is 6. The first kappa shape index (κ1) is 19.9. The van der Waals surface area contributed by atoms with E-state index >= 15 is 0 Å². The van der Waals surface area contributed by atoms with Crippen LogP contribution in [0, 0.1) is 5.92 Å². The molecule has 2 aromatic rings. The van der Waals surface area contributed by atoms with Gasteiger partial charge in [-0.25, -0.2) is 0 Å². The molecule has 0 aliphatic carbocycles. The Morgan fingerprint density at radius 3 is 2.59 bits per heavy atom. The van der Waals surface area contributed by atoms with Gasteiger partial charge in [0.05, 0.1) is 5.92 Å². The highest BCUT2D eigenvalue weighted by Gasteiger charge is 2.30. The second-order valence-corrected chi connectivity index (χ2v) is 8.61. The van der Waals surface area contributed by atoms with E-state index in [-0.39, 0.29) is 17.4 Å². The lowest BCUT2D eigenvalue weighted by Gasteiger charge is -2.35. The van der Waals surface area contributed by atoms with Crippen LogP contribution in [0.2, 0.25) is 5.02 Å². The zero-order valence-electron chi connectivity index (χ0n) is 16.2. The van der Waals surface area contributed by atoms with E-state index in [0.29, 0.717) is 0 Å². The molecule has 0 saturated carbocycles. The van der Waals surface area contributed by atoms with Gasteiger partial charge in [-0.2, -0.15) is 0 Å². The number of carbonyl (C=O) groups is 1. The van der Waals surface area contributed by atoms with Gasteiger partial charge in [0.2, 0.25) is 5.91 Å². The maximum atomic E-state index is 12.9. The predicted molar refractivity (Wildman–Crippen MR) is 112 cm³/mol. The van der Waals surface area contributed by atoms with Gasteiger partial charge in [-0.05, 0) is 56.8 Å². The molecule has 2 aromatic carbocycles. The van der Waals surface area contributed by atoms with Crippen LogP contribution in [0.5, 0.6) is 0 Å². The molecule has 1 atom stereocenters. The van der Waals surface area contributed by atoms with E-state index in [0.717, 1.165) is 49.5 Å². The molecule has 0 radical (unpaired) electrons. The molecule has 3 rings (SSSR count). The molecule has 144 valence electrons. The molecule has 3 nitrogen and oxygen atoms in total. The average Bonchev–Trinajstić information content (AvgIpc) is 2.64. The summed E-state index contributed by atoms with van der Waals surface area (Å²) >= 11 is 6.30. The maximum Gasteiger partial charge on any atom is 0.224 e. The second-order valence-electron chi connectivity index (χ2n) is 8.20. The molecule has 1 N–H and O–H groups in total. The predicted octanol–water partition coefficient (Wildman–Crippen LogP) is 4.69. The van der Waals surface area contributed by atoms with E-state index in [9.17, 15) is 4.79 Å². The van der Waals surface area contributed by atoms with Crippen molar-refractivity contribution in [3.05, 3.63) is 70.7 Å². The van der Waals surface area contributed by atoms with Gasteiger partial charge in [0.25, 0.3) is 0 Å². The molecule has 0 spiro atoms. The number of amides is 1. The van der Waals surface area contributed by atoms with Crippen LogP contribution in [0.25, 0.3) is 0 Å². The van der Waals surface area contributed by atoms with Gasteiger partial charge in [-0.1, -0.05) is 60.1 Å². The van der Waals surface area contributed by atoms with Crippen molar-refractivity contribution in [2.75, 3.05) is 13.1 Å². The first-order valence-electron chi connectivity index (χ1n) is 9.75. The molecule has 27 heavy (non-hydrogen) atoms. The smallest absolute Gasteiger partial charge is 0.224 e. The summed E-state index contributed by atoms with van der Waals surface area (Å²) in [7, 11) is 0. The number of nitrogens with zero attached hydrogens (tertiary/aromatic N) is 1. The molecule has 1 aliphatic heterocycles. The fourth-order valence-electron chi connectivity index (χ4n) is 3.87. The monoisotopic (exact) mass is 384 g/mol. The van der Waals surface area contributed by atoms with E-state index in [1.54, 1.807) is 0 Å². The van der Waals surface area contributed by atoms with Gasteiger partial charge in [0.1, 0.15) is 0 Å². The number of halogens is 1. The van der Waals surface area contributed by atoms with Crippen molar-refractivity contribution >= 4 is 17.5 Å². The molecule has 0 unspecified atom stereocenters. The number of piperidine rings is 1. The molecule has 1 aliphatic rings. The van der Waals surface area contributed by atoms with Gasteiger partial charge >= 0.3 is 0 Å². The summed E-state index contributed by atoms with van der Waals surface area (Å²) in [4.78, 5) is 15.3. The van der Waals surface area contributed by atoms with Crippen LogP contribution in [0.4, 0.5) is 0 Å². The van der Waals surface area contributed by atoms with Crippen LogP contribution in [0.1, 0.15) is 37.8 Å². The van der Waals surface area contributed by atoms with Gasteiger partial charge in [0.15, 0.2) is 0 Å². The fraction of sp³-hybridized carbons (Fsp3) is 0.435. The second kappa shape index (κ2) is 8.90. The Morgan fingerprint density at radius 2 is 1.85 bits per heavy atom. The maximum absolute atomic E-state index is 12.9. The van der Waals surface area contributed by atoms with E-state index in [4.69, 9.17) is 11.6 Å². The number of likely N-dealkylation sites (tertiary alicyclic amines) is 1. The molecule has 1 heterocycles. The number of benzene rings is 2. The summed E-state index contributed by atoms with van der Waals surface area (Å²) in [6.45, 7) is 6.81. The third-order valence-electron chi connectivity index (χ3n) is 5.18. The Morgan fingerprint density at radius 1 is 1.15 bits per heavy atom. The average molecular weight is 385 g/mol. The summed E-state index contributed by atoms with van der Waals surface area (Å²) in [5.74, 6) is 0.205. The topological polar surface area (TPSA) is 32.3 Å². The lowest BCUT2D eigenvalue weighted by atomic mass is 9.91. The number of hydrogen-bond acceptors (Lipinski definition) is 2. The van der Waals surface area contributed by atoms with Crippen molar-refractivity contribution in [1.29, 1.82) is 0 Å². The van der Waals surface area contributed by atoms with Crippen molar-refractivity contribution in [1.82, 2.24) is 10.2 Å². The minimum atomic E-state index is -0.260. The Kier molecular flexibility index (Phi) is 6.56. The highest BCUT2D eigenvalue weighted by molar-refractivity contribution is 6.31. The standard InChI is InChI=1S/C23H29ClN2O/c1-23(2,15-18-9-4-3-5-10-18)25-22(27)20-12-8-14-26(17-20)16-19-11-6-7-13-21(19)24/h3-7,9-11,13,20H,8,12,14-17H2,1-2H3,(H,25,27)/t20-/m0/s1. The first-order valence-corrected chi connectivity index (χ1v) is 10.1. The van der Waals surface area contributed by atoms with Crippen molar-refractivity contribution in [2.45, 2.75) is 45.2 Å². The number of hydrogen-bond donors (Lipinski definition) is 1. The zero-order valence-corrected chi connectivity index (χ0v) is 17.0. The van der Waals surface area contributed by atoms with E-state index in [1.807, 2.05) is 36.4 Å². The SMILES string of the molecule is CC(C)(Cc1ccccc1)NC(=O)[C@H]1CCCN(Cc2ccccc2Cl)C1. The van der Waals surface area contributed by atoms with Gasteiger partial charge < -0.3 is 5.32 Å². The molecule has 1 amide bonds. The molecular formula is C23H29ClN2O. The highest BCUT2D eigenvalue weighted by atomic mass is 35.5. The Balaban J connectivity index is 1.57. The van der Waals surface area contributed by atoms with Crippen molar-refractivity contribution in [3.63, 3.8) is 0 Å². The highest BCUT2D eigenvalue weighted by Crippen LogP contribution is 2.23. The number of carbonyl (C=O) groups excluding carboxylic acids is 1. The molecule has 1 saturated heterocycles. The van der Waals surface area contributed by atoms with Crippen LogP contribution < -0.4 is 5.32 Å². The summed E-state index contributed by atoms with van der Waals surface area (Å²) in [5.41, 5.74) is 2.11. The Hall–Kier alpha value is -1.84. The first-order chi connectivity index (χ1) is 12.9. The summed E-state index contributed by atoms with van der Waals surface area (Å²) in [6.07, 6.45) is 2.82. The van der Waals surface area contributed by atoms with Gasteiger partial charge in [-0.15, -0.1) is 0 Å². The van der Waals surface area contributed by atoms with E-state index in [1.165, 1.54) is 5.56 Å². The minimum absolute atomic E-state index is 0.0382. The van der Waals surface area contributed by atoms with E-state index in [2.05, 4.69) is 42.3 Å². The van der Waals surface area contributed by atoms with Crippen LogP contribution in [-0.4, -0.2) is 29.4 Å². The van der Waals surface area contributed by atoms with Crippen LogP contribution >= 0.6 is 11.6 Å². The third kappa shape index (κ3) is 5.82. The molecule has 4 heteroatoms. The van der Waals surface area contributed by atoms with Crippen LogP contribution in [-0.2, 0) is 17.8 Å². The summed E-state index contributed by atoms with van der Waals surface area (Å²) in [5, 5.41) is 4.08. The van der Waals surface area contributed by atoms with Crippen LogP contribution in [0.15, 0.2) is 54.6 Å². The normalized spacial score (nSPS) is 18.3. The Labute approximate surface area is 167 Å². The summed E-state index contributed by atoms with van der Waals surface area (Å²) in [6, 6.07) is 18.3. The third-order valence-corrected chi connectivity index (χ3v) is 5.55. The molecule has 0 bridgehead atoms. The van der Waals surface area contributed by atoms with Crippen LogP contribution in [0.3, 0.4) is 0 Å². The zero-order chi connectivity index (χ0) is 19.3. The lowest BCUT2D eigenvalue weighted by Crippen LogP contribution is -2.50. The molecular weight excluding hydrogens is 356 g/mol. The van der Waals surface area contributed by atoms with Gasteiger partial charge in [0, 0.05) is 23.7 Å². The van der Waals surface area contributed by atoms with Crippen molar-refractivity contribution in [2.24, 2.45) is 5.92 Å². The molecule has 1 fully saturated rings. The van der Waals surface area contributed by atoms with Crippen molar-refractivity contribution < 1.29 is 4.79 Å². The van der Waals surface area contributed by atoms with Gasteiger partial charge in [-0.3, -0.25) is 9.69 Å².